The lowest BCUT2D eigenvalue weighted by atomic mass is 10.2. The first kappa shape index (κ1) is 21.7. The number of carbonyl (C=O) groups excluding carboxylic acids is 1. The molecule has 0 aliphatic heterocycles. The average Bonchev–Trinajstić information content (AvgIpc) is 3.17. The molecule has 2 aromatic heterocycles. The minimum Gasteiger partial charge on any atom is -0.468 e. The molecule has 0 spiro atoms. The van der Waals surface area contributed by atoms with Gasteiger partial charge < -0.3 is 9.47 Å². The number of amides is 1. The molecule has 158 valence electrons. The lowest BCUT2D eigenvalue weighted by Gasteiger charge is -2.04. The van der Waals surface area contributed by atoms with E-state index in [1.165, 1.54) is 24.0 Å². The maximum absolute atomic E-state index is 12.6. The first-order valence-electron chi connectivity index (χ1n) is 9.71. The molecule has 2 heterocycles. The molecule has 4 rings (SSSR count). The van der Waals surface area contributed by atoms with Crippen molar-refractivity contribution >= 4 is 32.6 Å². The number of nitrogens with one attached hydrogen (secondary N) is 1. The van der Waals surface area contributed by atoms with Crippen LogP contribution in [0.3, 0.4) is 0 Å². The van der Waals surface area contributed by atoms with Crippen LogP contribution in [0.5, 0.6) is 5.75 Å². The molecule has 0 saturated carbocycles. The lowest BCUT2D eigenvalue weighted by Crippen LogP contribution is -3.61. The number of anilines is 1. The molecule has 8 heteroatoms. The SMILES string of the molecule is CCOCOc1ccc2nc(NC(=O)c3ccc([I+]c4ccc(C)cc4)cn3)sc2c1. The molecule has 1 amide bonds. The molecular weight excluding hydrogens is 525 g/mol. The number of benzene rings is 2. The van der Waals surface area contributed by atoms with E-state index in [1.54, 1.807) is 12.3 Å². The maximum atomic E-state index is 12.6. The lowest BCUT2D eigenvalue weighted by molar-refractivity contribution is -0.597. The minimum atomic E-state index is -0.315. The zero-order valence-corrected chi connectivity index (χ0v) is 20.1. The van der Waals surface area contributed by atoms with Crippen molar-refractivity contribution in [3.8, 4) is 5.75 Å². The summed E-state index contributed by atoms with van der Waals surface area (Å²) in [7, 11) is 0. The molecule has 0 saturated heterocycles. The van der Waals surface area contributed by atoms with Gasteiger partial charge in [-0.3, -0.25) is 10.1 Å². The fourth-order valence-electron chi connectivity index (χ4n) is 2.69. The molecule has 0 unspecified atom stereocenters. The van der Waals surface area contributed by atoms with E-state index in [0.29, 0.717) is 23.2 Å². The second-order valence-corrected chi connectivity index (χ2v) is 10.7. The van der Waals surface area contributed by atoms with Gasteiger partial charge >= 0.3 is 21.2 Å². The number of halogens is 1. The number of nitrogens with zero attached hydrogens (tertiary/aromatic N) is 2. The first-order valence-corrected chi connectivity index (χ1v) is 12.7. The van der Waals surface area contributed by atoms with Crippen LogP contribution < -0.4 is 31.3 Å². The molecule has 31 heavy (non-hydrogen) atoms. The Hall–Kier alpha value is -2.56. The second-order valence-electron chi connectivity index (χ2n) is 6.61. The van der Waals surface area contributed by atoms with Crippen LogP contribution in [0.1, 0.15) is 23.0 Å². The number of hydrogen-bond donors (Lipinski definition) is 1. The van der Waals surface area contributed by atoms with Gasteiger partial charge in [-0.1, -0.05) is 29.0 Å². The van der Waals surface area contributed by atoms with E-state index in [2.05, 4.69) is 46.5 Å². The molecule has 4 aromatic rings. The van der Waals surface area contributed by atoms with Gasteiger partial charge in [0.1, 0.15) is 11.4 Å². The Labute approximate surface area is 194 Å². The fraction of sp³-hybridized carbons (Fsp3) is 0.174. The van der Waals surface area contributed by atoms with Crippen LogP contribution in [-0.4, -0.2) is 29.3 Å². The standard InChI is InChI=1S/C23H20IN3O3S/c1-3-29-14-30-18-9-11-19-21(12-18)31-23(26-19)27-22(28)20-10-8-17(13-25-20)24-16-6-4-15(2)5-7-16/h4-13H,3,14H2,1-2H3/p+1. The van der Waals surface area contributed by atoms with Gasteiger partial charge in [-0.2, -0.15) is 0 Å². The smallest absolute Gasteiger partial charge is 0.359 e. The number of aryl methyl sites for hydroxylation is 1. The average molecular weight is 546 g/mol. The Morgan fingerprint density at radius 3 is 2.65 bits per heavy atom. The first-order chi connectivity index (χ1) is 15.1. The number of hydrogen-bond acceptors (Lipinski definition) is 6. The van der Waals surface area contributed by atoms with Crippen LogP contribution in [0.2, 0.25) is 0 Å². The van der Waals surface area contributed by atoms with Crippen molar-refractivity contribution in [1.82, 2.24) is 9.97 Å². The van der Waals surface area contributed by atoms with Crippen LogP contribution in [-0.2, 0) is 4.74 Å². The van der Waals surface area contributed by atoms with Crippen molar-refractivity contribution in [3.63, 3.8) is 0 Å². The van der Waals surface area contributed by atoms with Crippen molar-refractivity contribution in [2.75, 3.05) is 18.7 Å². The predicted molar refractivity (Wildman–Crippen MR) is 118 cm³/mol. The van der Waals surface area contributed by atoms with E-state index in [0.717, 1.165) is 10.2 Å². The van der Waals surface area contributed by atoms with Gasteiger partial charge in [-0.25, -0.2) is 9.97 Å². The van der Waals surface area contributed by atoms with Gasteiger partial charge in [-0.15, -0.1) is 0 Å². The Kier molecular flexibility index (Phi) is 7.10. The third kappa shape index (κ3) is 5.78. The highest BCUT2D eigenvalue weighted by Gasteiger charge is 2.18. The monoisotopic (exact) mass is 546 g/mol. The van der Waals surface area contributed by atoms with Crippen LogP contribution in [0.15, 0.2) is 60.8 Å². The number of rotatable bonds is 8. The zero-order valence-electron chi connectivity index (χ0n) is 17.1. The number of carbonyl (C=O) groups is 1. The Balaban J connectivity index is 1.40. The van der Waals surface area contributed by atoms with Gasteiger partial charge in [0.2, 0.25) is 3.57 Å². The Bertz CT molecular complexity index is 1180. The van der Waals surface area contributed by atoms with Crippen molar-refractivity contribution < 1.29 is 35.5 Å². The van der Waals surface area contributed by atoms with Gasteiger partial charge in [-0.05, 0) is 56.3 Å². The van der Waals surface area contributed by atoms with Crippen LogP contribution in [0, 0.1) is 14.1 Å². The van der Waals surface area contributed by atoms with Crippen molar-refractivity contribution in [1.29, 1.82) is 0 Å². The third-order valence-electron chi connectivity index (χ3n) is 4.28. The van der Waals surface area contributed by atoms with E-state index in [9.17, 15) is 4.79 Å². The second kappa shape index (κ2) is 10.2. The van der Waals surface area contributed by atoms with Crippen molar-refractivity contribution in [3.05, 3.63) is 79.2 Å². The Morgan fingerprint density at radius 1 is 1.10 bits per heavy atom. The van der Waals surface area contributed by atoms with Crippen LogP contribution in [0.25, 0.3) is 10.2 Å². The molecule has 0 aliphatic carbocycles. The van der Waals surface area contributed by atoms with E-state index in [4.69, 9.17) is 9.47 Å². The summed E-state index contributed by atoms with van der Waals surface area (Å²) in [5, 5.41) is 3.37. The molecule has 1 N–H and O–H groups in total. The third-order valence-corrected chi connectivity index (χ3v) is 7.82. The van der Waals surface area contributed by atoms with E-state index >= 15 is 0 Å². The van der Waals surface area contributed by atoms with E-state index < -0.39 is 0 Å². The summed E-state index contributed by atoms with van der Waals surface area (Å²) in [6, 6.07) is 17.9. The quantitative estimate of drug-likeness (QED) is 0.207. The summed E-state index contributed by atoms with van der Waals surface area (Å²) in [6.07, 6.45) is 1.79. The molecule has 0 bridgehead atoms. The maximum Gasteiger partial charge on any atom is 0.359 e. The van der Waals surface area contributed by atoms with Crippen molar-refractivity contribution in [2.24, 2.45) is 0 Å². The number of ether oxygens (including phenoxy) is 2. The summed E-state index contributed by atoms with van der Waals surface area (Å²) in [4.78, 5) is 21.4. The molecule has 0 fully saturated rings. The van der Waals surface area contributed by atoms with E-state index in [1.807, 2.05) is 31.2 Å². The largest absolute Gasteiger partial charge is 0.468 e. The summed E-state index contributed by atoms with van der Waals surface area (Å²) in [6.45, 7) is 4.80. The van der Waals surface area contributed by atoms with Gasteiger partial charge in [0.05, 0.1) is 16.4 Å². The van der Waals surface area contributed by atoms with Crippen LogP contribution >= 0.6 is 11.3 Å². The predicted octanol–water partition coefficient (Wildman–Crippen LogP) is 1.75. The number of thiazole rings is 1. The highest BCUT2D eigenvalue weighted by Crippen LogP contribution is 2.29. The number of aromatic nitrogens is 2. The highest BCUT2D eigenvalue weighted by atomic mass is 127. The van der Waals surface area contributed by atoms with Crippen molar-refractivity contribution in [2.45, 2.75) is 13.8 Å². The number of fused-ring (bicyclic) bond motifs is 1. The topological polar surface area (TPSA) is 73.3 Å². The molecule has 0 atom stereocenters. The molecular formula is C23H21IN3O3S+. The van der Waals surface area contributed by atoms with Crippen LogP contribution in [0.4, 0.5) is 5.13 Å². The van der Waals surface area contributed by atoms with Gasteiger partial charge in [0, 0.05) is 6.61 Å². The summed E-state index contributed by atoms with van der Waals surface area (Å²) in [5.41, 5.74) is 2.42. The van der Waals surface area contributed by atoms with Gasteiger partial charge in [0.15, 0.2) is 15.5 Å². The van der Waals surface area contributed by atoms with E-state index in [-0.39, 0.29) is 33.9 Å². The molecule has 6 nitrogen and oxygen atoms in total. The molecule has 0 aliphatic rings. The normalized spacial score (nSPS) is 10.9. The van der Waals surface area contributed by atoms with Gasteiger partial charge in [0.25, 0.3) is 5.91 Å². The molecule has 0 radical (unpaired) electrons. The summed E-state index contributed by atoms with van der Waals surface area (Å²) in [5.74, 6) is 0.434. The minimum absolute atomic E-state index is 0.207. The summed E-state index contributed by atoms with van der Waals surface area (Å²) >= 11 is 1.08. The molecule has 2 aromatic carbocycles. The highest BCUT2D eigenvalue weighted by molar-refractivity contribution is 7.22. The summed E-state index contributed by atoms with van der Waals surface area (Å²) < 4.78 is 14.2. The number of pyridine rings is 1. The fourth-order valence-corrected chi connectivity index (χ4v) is 5.66. The zero-order chi connectivity index (χ0) is 21.6. The Morgan fingerprint density at radius 2 is 1.90 bits per heavy atom.